The first kappa shape index (κ1) is 17.1. The van der Waals surface area contributed by atoms with Crippen molar-refractivity contribution in [2.75, 3.05) is 5.32 Å². The summed E-state index contributed by atoms with van der Waals surface area (Å²) in [6, 6.07) is 16.6. The van der Waals surface area contributed by atoms with E-state index in [4.69, 9.17) is 10.1 Å². The fourth-order valence-corrected chi connectivity index (χ4v) is 4.83. The van der Waals surface area contributed by atoms with Crippen LogP contribution in [0.1, 0.15) is 41.6 Å². The second-order valence-electron chi connectivity index (χ2n) is 7.12. The lowest BCUT2D eigenvalue weighted by Crippen LogP contribution is -2.24. The van der Waals surface area contributed by atoms with Gasteiger partial charge in [0, 0.05) is 17.9 Å². The Bertz CT molecular complexity index is 1160. The van der Waals surface area contributed by atoms with Crippen LogP contribution in [0.15, 0.2) is 48.5 Å². The number of thiazole rings is 1. The topological polar surface area (TPSA) is 59.8 Å². The van der Waals surface area contributed by atoms with E-state index in [9.17, 15) is 4.79 Å². The van der Waals surface area contributed by atoms with Crippen molar-refractivity contribution in [3.05, 3.63) is 70.9 Å². The van der Waals surface area contributed by atoms with Crippen molar-refractivity contribution in [2.24, 2.45) is 0 Å². The Hall–Kier alpha value is -2.99. The van der Waals surface area contributed by atoms with E-state index in [1.807, 2.05) is 25.1 Å². The summed E-state index contributed by atoms with van der Waals surface area (Å²) in [5.74, 6) is 0.773. The molecule has 0 spiro atoms. The Labute approximate surface area is 167 Å². The van der Waals surface area contributed by atoms with Gasteiger partial charge in [0.25, 0.3) is 0 Å². The normalized spacial score (nSPS) is 16.2. The molecule has 0 fully saturated rings. The van der Waals surface area contributed by atoms with Crippen molar-refractivity contribution in [1.82, 2.24) is 14.8 Å². The van der Waals surface area contributed by atoms with Gasteiger partial charge in [-0.15, -0.1) is 0 Å². The molecule has 140 valence electrons. The summed E-state index contributed by atoms with van der Waals surface area (Å²) in [7, 11) is 0. The van der Waals surface area contributed by atoms with E-state index in [1.165, 1.54) is 5.56 Å². The smallest absolute Gasteiger partial charge is 0.226 e. The van der Waals surface area contributed by atoms with Crippen molar-refractivity contribution in [3.63, 3.8) is 0 Å². The van der Waals surface area contributed by atoms with E-state index in [1.54, 1.807) is 16.0 Å². The van der Waals surface area contributed by atoms with Gasteiger partial charge in [0.1, 0.15) is 5.82 Å². The molecular formula is C22H20N4OS. The number of amides is 1. The summed E-state index contributed by atoms with van der Waals surface area (Å²) in [4.78, 5) is 17.2. The number of anilines is 1. The third-order valence-electron chi connectivity index (χ3n) is 5.36. The highest BCUT2D eigenvalue weighted by Crippen LogP contribution is 2.41. The zero-order valence-corrected chi connectivity index (χ0v) is 16.6. The monoisotopic (exact) mass is 388 g/mol. The fourth-order valence-electron chi connectivity index (χ4n) is 3.91. The van der Waals surface area contributed by atoms with E-state index < -0.39 is 0 Å². The van der Waals surface area contributed by atoms with Gasteiger partial charge in [-0.2, -0.15) is 9.78 Å². The van der Waals surface area contributed by atoms with Crippen LogP contribution in [0.3, 0.4) is 0 Å². The molecule has 1 aliphatic rings. The number of aryl methyl sites for hydroxylation is 2. The molecule has 4 aromatic rings. The van der Waals surface area contributed by atoms with Crippen LogP contribution in [0, 0.1) is 6.92 Å². The van der Waals surface area contributed by atoms with Crippen LogP contribution in [0.5, 0.6) is 0 Å². The lowest BCUT2D eigenvalue weighted by Gasteiger charge is -2.24. The molecule has 6 heteroatoms. The lowest BCUT2D eigenvalue weighted by molar-refractivity contribution is -0.116. The van der Waals surface area contributed by atoms with Gasteiger partial charge >= 0.3 is 0 Å². The predicted octanol–water partition coefficient (Wildman–Crippen LogP) is 4.83. The number of rotatable bonds is 3. The maximum absolute atomic E-state index is 12.5. The van der Waals surface area contributed by atoms with Gasteiger partial charge in [-0.1, -0.05) is 54.7 Å². The Morgan fingerprint density at radius 2 is 1.96 bits per heavy atom. The molecule has 1 aliphatic heterocycles. The Kier molecular flexibility index (Phi) is 4.02. The zero-order chi connectivity index (χ0) is 19.3. The van der Waals surface area contributed by atoms with Crippen LogP contribution in [-0.2, 0) is 11.2 Å². The van der Waals surface area contributed by atoms with Crippen LogP contribution >= 0.6 is 11.3 Å². The first-order chi connectivity index (χ1) is 13.6. The number of carbonyl (C=O) groups is 1. The second kappa shape index (κ2) is 6.56. The minimum atomic E-state index is 0.0118. The highest BCUT2D eigenvalue weighted by Gasteiger charge is 2.33. The highest BCUT2D eigenvalue weighted by molar-refractivity contribution is 7.20. The number of para-hydroxylation sites is 1. The van der Waals surface area contributed by atoms with Crippen LogP contribution in [0.4, 0.5) is 5.82 Å². The number of hydrogen-bond acceptors (Lipinski definition) is 4. The Morgan fingerprint density at radius 3 is 2.71 bits per heavy atom. The minimum absolute atomic E-state index is 0.0118. The van der Waals surface area contributed by atoms with E-state index >= 15 is 0 Å². The number of nitrogens with one attached hydrogen (secondary N) is 1. The van der Waals surface area contributed by atoms with Gasteiger partial charge in [0.05, 0.1) is 15.9 Å². The van der Waals surface area contributed by atoms with Crippen LogP contribution in [0.25, 0.3) is 15.3 Å². The van der Waals surface area contributed by atoms with Crippen molar-refractivity contribution in [2.45, 2.75) is 32.6 Å². The molecule has 28 heavy (non-hydrogen) atoms. The molecule has 0 aliphatic carbocycles. The molecule has 1 N–H and O–H groups in total. The van der Waals surface area contributed by atoms with E-state index in [0.717, 1.165) is 44.4 Å². The average Bonchev–Trinajstić information content (AvgIpc) is 3.28. The number of aromatic nitrogens is 3. The average molecular weight is 388 g/mol. The standard InChI is InChI=1S/C22H20N4OS/c1-3-14-8-10-15(11-9-14)16-12-19(27)24-21-20(16)13(2)25-26(21)22-23-17-6-4-5-7-18(17)28-22/h4-11,16H,3,12H2,1-2H3,(H,24,27)/t16-/m0/s1. The van der Waals surface area contributed by atoms with Crippen LogP contribution in [0.2, 0.25) is 0 Å². The molecule has 3 heterocycles. The maximum atomic E-state index is 12.5. The molecule has 5 rings (SSSR count). The number of carbonyl (C=O) groups excluding carboxylic acids is 1. The molecule has 1 atom stereocenters. The zero-order valence-electron chi connectivity index (χ0n) is 15.8. The summed E-state index contributed by atoms with van der Waals surface area (Å²) >= 11 is 1.58. The molecule has 0 saturated carbocycles. The predicted molar refractivity (Wildman–Crippen MR) is 112 cm³/mol. The van der Waals surface area contributed by atoms with Crippen molar-refractivity contribution >= 4 is 33.3 Å². The second-order valence-corrected chi connectivity index (χ2v) is 8.13. The summed E-state index contributed by atoms with van der Waals surface area (Å²) in [6.45, 7) is 4.15. The molecule has 0 saturated heterocycles. The first-order valence-corrected chi connectivity index (χ1v) is 10.3. The summed E-state index contributed by atoms with van der Waals surface area (Å²) in [6.07, 6.45) is 1.44. The van der Waals surface area contributed by atoms with Gasteiger partial charge < -0.3 is 5.32 Å². The van der Waals surface area contributed by atoms with E-state index in [-0.39, 0.29) is 11.8 Å². The van der Waals surface area contributed by atoms with Crippen molar-refractivity contribution < 1.29 is 4.79 Å². The third-order valence-corrected chi connectivity index (χ3v) is 6.37. The van der Waals surface area contributed by atoms with Gasteiger partial charge in [-0.3, -0.25) is 4.79 Å². The SMILES string of the molecule is CCc1ccc([C@@H]2CC(=O)Nc3c2c(C)nn3-c2nc3ccccc3s2)cc1. The molecule has 1 amide bonds. The highest BCUT2D eigenvalue weighted by atomic mass is 32.1. The van der Waals surface area contributed by atoms with Crippen LogP contribution in [-0.4, -0.2) is 20.7 Å². The molecule has 5 nitrogen and oxygen atoms in total. The summed E-state index contributed by atoms with van der Waals surface area (Å²) in [5, 5.41) is 8.57. The number of nitrogens with zero attached hydrogens (tertiary/aromatic N) is 3. The van der Waals surface area contributed by atoms with E-state index in [0.29, 0.717) is 6.42 Å². The largest absolute Gasteiger partial charge is 0.310 e. The molecular weight excluding hydrogens is 368 g/mol. The van der Waals surface area contributed by atoms with Crippen LogP contribution < -0.4 is 5.32 Å². The van der Waals surface area contributed by atoms with Gasteiger partial charge in [0.2, 0.25) is 11.0 Å². The van der Waals surface area contributed by atoms with Gasteiger partial charge in [-0.25, -0.2) is 4.98 Å². The molecule has 0 radical (unpaired) electrons. The van der Waals surface area contributed by atoms with Gasteiger partial charge in [0.15, 0.2) is 0 Å². The van der Waals surface area contributed by atoms with Crippen molar-refractivity contribution in [1.29, 1.82) is 0 Å². The number of fused-ring (bicyclic) bond motifs is 2. The quantitative estimate of drug-likeness (QED) is 0.547. The third kappa shape index (κ3) is 2.72. The summed E-state index contributed by atoms with van der Waals surface area (Å²) < 4.78 is 2.90. The number of hydrogen-bond donors (Lipinski definition) is 1. The Balaban J connectivity index is 1.64. The fraction of sp³-hybridized carbons (Fsp3) is 0.227. The van der Waals surface area contributed by atoms with Crippen molar-refractivity contribution in [3.8, 4) is 5.13 Å². The molecule has 0 unspecified atom stereocenters. The Morgan fingerprint density at radius 1 is 1.18 bits per heavy atom. The van der Waals surface area contributed by atoms with E-state index in [2.05, 4.69) is 42.6 Å². The maximum Gasteiger partial charge on any atom is 0.226 e. The summed E-state index contributed by atoms with van der Waals surface area (Å²) in [5.41, 5.74) is 5.41. The molecule has 2 aromatic heterocycles. The number of benzene rings is 2. The lowest BCUT2D eigenvalue weighted by atomic mass is 9.85. The van der Waals surface area contributed by atoms with Gasteiger partial charge in [-0.05, 0) is 36.6 Å². The minimum Gasteiger partial charge on any atom is -0.310 e. The molecule has 0 bridgehead atoms. The first-order valence-electron chi connectivity index (χ1n) is 9.48. The molecule has 2 aromatic carbocycles.